The van der Waals surface area contributed by atoms with Crippen LogP contribution in [-0.2, 0) is 13.1 Å². The number of fused-ring (bicyclic) bond motifs is 4. The molecule has 0 aliphatic rings. The van der Waals surface area contributed by atoms with Gasteiger partial charge in [-0.25, -0.2) is 0 Å². The van der Waals surface area contributed by atoms with Crippen molar-refractivity contribution in [3.63, 3.8) is 0 Å². The van der Waals surface area contributed by atoms with Gasteiger partial charge >= 0.3 is 0 Å². The van der Waals surface area contributed by atoms with Gasteiger partial charge in [0, 0.05) is 77.7 Å². The molecule has 10 heteroatoms. The Morgan fingerprint density at radius 2 is 0.833 bits per heavy atom. The van der Waals surface area contributed by atoms with Gasteiger partial charge < -0.3 is 18.3 Å². The van der Waals surface area contributed by atoms with Crippen LogP contribution in [0.4, 0.5) is 0 Å². The van der Waals surface area contributed by atoms with E-state index in [9.17, 15) is 0 Å². The number of aryl methyl sites for hydroxylation is 2. The van der Waals surface area contributed by atoms with Crippen LogP contribution >= 0.6 is 0 Å². The lowest BCUT2D eigenvalue weighted by Crippen LogP contribution is -2.35. The largest absolute Gasteiger partial charge is 0.493 e. The molecule has 10 nitrogen and oxygen atoms in total. The molecule has 0 saturated carbocycles. The Hall–Kier alpha value is -6.68. The molecule has 0 amide bonds. The van der Waals surface area contributed by atoms with Crippen molar-refractivity contribution in [1.82, 2.24) is 9.13 Å². The van der Waals surface area contributed by atoms with Gasteiger partial charge in [-0.05, 0) is 109 Å². The van der Waals surface area contributed by atoms with Gasteiger partial charge in [0.15, 0.2) is 22.7 Å². The highest BCUT2D eigenvalue weighted by atomic mass is 16.5. The summed E-state index contributed by atoms with van der Waals surface area (Å²) in [5.41, 5.74) is 2.11. The Balaban J connectivity index is 1.48. The summed E-state index contributed by atoms with van der Waals surface area (Å²) in [4.78, 5) is 60.7. The van der Waals surface area contributed by atoms with E-state index < -0.39 is 0 Å². The Bertz CT molecular complexity index is 3780. The first-order valence-electron chi connectivity index (χ1n) is 23.8. The first-order valence-corrected chi connectivity index (χ1v) is 23.8. The van der Waals surface area contributed by atoms with Crippen molar-refractivity contribution in [2.75, 3.05) is 14.2 Å². The topological polar surface area (TPSA) is 123 Å². The Morgan fingerprint density at radius 1 is 0.455 bits per heavy atom. The molecule has 336 valence electrons. The maximum absolute atomic E-state index is 15.2. The van der Waals surface area contributed by atoms with Crippen LogP contribution in [0, 0.1) is 25.7 Å². The molecule has 7 aromatic carbocycles. The molecule has 0 N–H and O–H groups in total. The quantitative estimate of drug-likeness (QED) is 0.0781. The SMILES string of the molecule is CCCCC(CC)Cn1c(=O)c2cc3oc4c(OC)cc(C)cc4c4cc5c(=O)n(CC(CC)CCCC)c(=O)c6cc7oc8c(OC)cc(C)cc8c8cc(c1=O)c2c1c3c4c(c65)c7c81. The molecular formula is C56H54N2O8. The lowest BCUT2D eigenvalue weighted by Gasteiger charge is -2.21. The van der Waals surface area contributed by atoms with Crippen molar-refractivity contribution in [2.24, 2.45) is 11.8 Å². The zero-order chi connectivity index (χ0) is 46.0. The molecule has 4 aromatic heterocycles. The molecule has 11 aromatic rings. The predicted molar refractivity (Wildman–Crippen MR) is 270 cm³/mol. The van der Waals surface area contributed by atoms with E-state index in [1.54, 1.807) is 26.4 Å². The minimum absolute atomic E-state index is 0.134. The number of ether oxygens (including phenoxy) is 2. The zero-order valence-corrected chi connectivity index (χ0v) is 39.0. The van der Waals surface area contributed by atoms with E-state index in [1.165, 1.54) is 9.13 Å². The van der Waals surface area contributed by atoms with Crippen molar-refractivity contribution < 1.29 is 18.3 Å². The van der Waals surface area contributed by atoms with Crippen molar-refractivity contribution >= 4 is 109 Å². The fourth-order valence-corrected chi connectivity index (χ4v) is 11.6. The lowest BCUT2D eigenvalue weighted by atomic mass is 9.82. The summed E-state index contributed by atoms with van der Waals surface area (Å²) in [7, 11) is 3.21. The van der Waals surface area contributed by atoms with E-state index >= 15 is 19.2 Å². The summed E-state index contributed by atoms with van der Waals surface area (Å²) < 4.78 is 29.3. The molecule has 11 rings (SSSR count). The zero-order valence-electron chi connectivity index (χ0n) is 39.0. The number of pyridine rings is 2. The molecule has 0 fully saturated rings. The average Bonchev–Trinajstić information content (AvgIpc) is 3.55. The fourth-order valence-electron chi connectivity index (χ4n) is 11.6. The van der Waals surface area contributed by atoms with Crippen LogP contribution in [0.3, 0.4) is 0 Å². The summed E-state index contributed by atoms with van der Waals surface area (Å²) in [6.45, 7) is 13.1. The summed E-state index contributed by atoms with van der Waals surface area (Å²) in [6.07, 6.45) is 7.50. The van der Waals surface area contributed by atoms with Crippen LogP contribution in [0.15, 0.2) is 76.5 Å². The van der Waals surface area contributed by atoms with Crippen LogP contribution in [0.2, 0.25) is 0 Å². The van der Waals surface area contributed by atoms with Crippen molar-refractivity contribution in [1.29, 1.82) is 0 Å². The molecular weight excluding hydrogens is 829 g/mol. The van der Waals surface area contributed by atoms with Crippen molar-refractivity contribution in [3.8, 4) is 11.5 Å². The van der Waals surface area contributed by atoms with Gasteiger partial charge in [0.2, 0.25) is 0 Å². The van der Waals surface area contributed by atoms with E-state index in [-0.39, 0.29) is 34.1 Å². The summed E-state index contributed by atoms with van der Waals surface area (Å²) in [5, 5.41) is 9.73. The molecule has 0 spiro atoms. The van der Waals surface area contributed by atoms with Crippen LogP contribution < -0.4 is 31.7 Å². The minimum Gasteiger partial charge on any atom is -0.493 e. The van der Waals surface area contributed by atoms with E-state index in [2.05, 4.69) is 27.7 Å². The third-order valence-electron chi connectivity index (χ3n) is 14.9. The summed E-state index contributed by atoms with van der Waals surface area (Å²) in [6, 6.07) is 15.4. The summed E-state index contributed by atoms with van der Waals surface area (Å²) in [5.74, 6) is 1.25. The van der Waals surface area contributed by atoms with Crippen LogP contribution in [-0.4, -0.2) is 23.4 Å². The third-order valence-corrected chi connectivity index (χ3v) is 14.9. The number of nitrogens with zero attached hydrogens (tertiary/aromatic N) is 2. The molecule has 0 saturated heterocycles. The lowest BCUT2D eigenvalue weighted by molar-refractivity contribution is 0.382. The van der Waals surface area contributed by atoms with Crippen molar-refractivity contribution in [2.45, 2.75) is 106 Å². The smallest absolute Gasteiger partial charge is 0.261 e. The van der Waals surface area contributed by atoms with Gasteiger partial charge in [-0.1, -0.05) is 66.2 Å². The number of rotatable bonds is 14. The second-order valence-electron chi connectivity index (χ2n) is 19.0. The highest BCUT2D eigenvalue weighted by Gasteiger charge is 2.31. The standard InChI is InChI=1S/C56H54N2O8/c1-9-13-15-29(11-3)25-57-53(59)35-21-31-33-17-27(5)19-41(63-7)51(33)66-40-24-38-44-36(54(60)58(56(38)62)26-30(12-4)16-14-10-2)22-32-34-18-28(6)20-42(64-8)52(34)65-39-23-37(55(57)61)43(35)49-45(31)48(40)50(44)46(32)47(39)49/h17-24,29-30H,9-16,25-26H2,1-8H3. The Morgan fingerprint density at radius 3 is 1.18 bits per heavy atom. The number of hydrogen-bond donors (Lipinski definition) is 0. The molecule has 0 radical (unpaired) electrons. The molecule has 4 heterocycles. The third kappa shape index (κ3) is 5.78. The second-order valence-corrected chi connectivity index (χ2v) is 19.0. The maximum atomic E-state index is 15.2. The Labute approximate surface area is 379 Å². The van der Waals surface area contributed by atoms with Crippen LogP contribution in [0.25, 0.3) is 109 Å². The second kappa shape index (κ2) is 15.5. The first kappa shape index (κ1) is 42.0. The van der Waals surface area contributed by atoms with Crippen molar-refractivity contribution in [3.05, 3.63) is 101 Å². The number of methoxy groups -OCH3 is 2. The normalized spacial score (nSPS) is 13.6. The van der Waals surface area contributed by atoms with Crippen LogP contribution in [0.5, 0.6) is 11.5 Å². The van der Waals surface area contributed by atoms with Gasteiger partial charge in [-0.15, -0.1) is 0 Å². The maximum Gasteiger partial charge on any atom is 0.261 e. The highest BCUT2D eigenvalue weighted by Crippen LogP contribution is 2.53. The first-order chi connectivity index (χ1) is 32.0. The molecule has 0 aliphatic carbocycles. The number of hydrogen-bond acceptors (Lipinski definition) is 8. The van der Waals surface area contributed by atoms with Gasteiger partial charge in [-0.3, -0.25) is 28.3 Å². The monoisotopic (exact) mass is 882 g/mol. The van der Waals surface area contributed by atoms with Crippen LogP contribution in [0.1, 0.15) is 90.2 Å². The fraction of sp³-hybridized carbons (Fsp3) is 0.357. The van der Waals surface area contributed by atoms with Gasteiger partial charge in [0.1, 0.15) is 11.2 Å². The van der Waals surface area contributed by atoms with Gasteiger partial charge in [-0.2, -0.15) is 0 Å². The number of benzene rings is 7. The summed E-state index contributed by atoms with van der Waals surface area (Å²) >= 11 is 0. The average molecular weight is 883 g/mol. The molecule has 2 atom stereocenters. The van der Waals surface area contributed by atoms with E-state index in [0.717, 1.165) is 73.3 Å². The van der Waals surface area contributed by atoms with E-state index in [1.807, 2.05) is 50.2 Å². The van der Waals surface area contributed by atoms with E-state index in [0.29, 0.717) is 122 Å². The molecule has 0 aliphatic heterocycles. The number of unbranched alkanes of at least 4 members (excludes halogenated alkanes) is 2. The van der Waals surface area contributed by atoms with E-state index in [4.69, 9.17) is 18.3 Å². The molecule has 0 bridgehead atoms. The van der Waals surface area contributed by atoms with Gasteiger partial charge in [0.25, 0.3) is 22.2 Å². The van der Waals surface area contributed by atoms with Gasteiger partial charge in [0.05, 0.1) is 25.0 Å². The molecule has 66 heavy (non-hydrogen) atoms. The predicted octanol–water partition coefficient (Wildman–Crippen LogP) is 12.8. The minimum atomic E-state index is -0.367. The highest BCUT2D eigenvalue weighted by molar-refractivity contribution is 6.50. The molecule has 2 unspecified atom stereocenters. The Kier molecular flexibility index (Phi) is 9.84. The number of aromatic nitrogens is 2.